The van der Waals surface area contributed by atoms with Crippen LogP contribution in [0, 0.1) is 12.3 Å². The third-order valence-corrected chi connectivity index (χ3v) is 3.81. The van der Waals surface area contributed by atoms with Gasteiger partial charge in [0.15, 0.2) is 9.84 Å². The van der Waals surface area contributed by atoms with E-state index in [2.05, 4.69) is 11.2 Å². The van der Waals surface area contributed by atoms with Crippen molar-refractivity contribution in [1.29, 1.82) is 0 Å². The minimum Gasteiger partial charge on any atom is -0.340 e. The molecule has 15 heavy (non-hydrogen) atoms. The van der Waals surface area contributed by atoms with E-state index in [-0.39, 0.29) is 24.0 Å². The van der Waals surface area contributed by atoms with E-state index in [4.69, 9.17) is 6.42 Å². The van der Waals surface area contributed by atoms with E-state index in [9.17, 15) is 13.2 Å². The zero-order valence-electron chi connectivity index (χ0n) is 8.40. The van der Waals surface area contributed by atoms with Crippen LogP contribution in [0.5, 0.6) is 0 Å². The van der Waals surface area contributed by atoms with Crippen LogP contribution >= 0.6 is 0 Å². The van der Waals surface area contributed by atoms with Crippen molar-refractivity contribution >= 4 is 15.7 Å². The molecule has 1 N–H and O–H groups in total. The van der Waals surface area contributed by atoms with E-state index in [1.54, 1.807) is 4.90 Å². The third kappa shape index (κ3) is 3.90. The number of rotatable bonds is 3. The second kappa shape index (κ2) is 5.14. The Hall–Kier alpha value is -1.06. The average molecular weight is 230 g/mol. The van der Waals surface area contributed by atoms with Crippen molar-refractivity contribution in [3.63, 3.8) is 0 Å². The largest absolute Gasteiger partial charge is 0.340 e. The maximum Gasteiger partial charge on any atom is 0.236 e. The normalized spacial score (nSPS) is 19.5. The molecule has 1 saturated heterocycles. The summed E-state index contributed by atoms with van der Waals surface area (Å²) in [5, 5.41) is 2.78. The predicted octanol–water partition coefficient (Wildman–Crippen LogP) is -1.53. The molecule has 1 rings (SSSR count). The number of sulfone groups is 1. The number of nitrogens with one attached hydrogen (secondary N) is 1. The van der Waals surface area contributed by atoms with Crippen LogP contribution in [0.15, 0.2) is 0 Å². The Morgan fingerprint density at radius 2 is 2.00 bits per heavy atom. The van der Waals surface area contributed by atoms with Crippen LogP contribution in [0.3, 0.4) is 0 Å². The number of amides is 1. The molecule has 0 aromatic rings. The molecule has 0 aromatic heterocycles. The zero-order valence-corrected chi connectivity index (χ0v) is 9.22. The Kier molecular flexibility index (Phi) is 4.12. The van der Waals surface area contributed by atoms with Gasteiger partial charge in [-0.15, -0.1) is 6.42 Å². The first-order valence-electron chi connectivity index (χ1n) is 4.67. The minimum absolute atomic E-state index is 0.0634. The maximum absolute atomic E-state index is 11.5. The second-order valence-electron chi connectivity index (χ2n) is 3.34. The Labute approximate surface area is 89.7 Å². The number of carbonyl (C=O) groups is 1. The van der Waals surface area contributed by atoms with Crippen LogP contribution in [0.1, 0.15) is 0 Å². The molecule has 1 fully saturated rings. The van der Waals surface area contributed by atoms with Gasteiger partial charge in [-0.3, -0.25) is 10.1 Å². The number of carbonyl (C=O) groups excluding carboxylic acids is 1. The van der Waals surface area contributed by atoms with Gasteiger partial charge in [-0.05, 0) is 0 Å². The fourth-order valence-electron chi connectivity index (χ4n) is 1.32. The Morgan fingerprint density at radius 3 is 2.53 bits per heavy atom. The molecule has 1 aliphatic heterocycles. The summed E-state index contributed by atoms with van der Waals surface area (Å²) in [6.07, 6.45) is 5.01. The fourth-order valence-corrected chi connectivity index (χ4v) is 2.52. The highest BCUT2D eigenvalue weighted by atomic mass is 32.2. The van der Waals surface area contributed by atoms with Crippen molar-refractivity contribution in [2.75, 3.05) is 37.7 Å². The van der Waals surface area contributed by atoms with Gasteiger partial charge in [-0.2, -0.15) is 0 Å². The molecule has 0 unspecified atom stereocenters. The SMILES string of the molecule is C#CCNCC(=O)N1CCS(=O)(=O)CC1. The lowest BCUT2D eigenvalue weighted by atomic mass is 10.4. The molecule has 0 radical (unpaired) electrons. The lowest BCUT2D eigenvalue weighted by molar-refractivity contribution is -0.129. The minimum atomic E-state index is -2.92. The van der Waals surface area contributed by atoms with Crippen LogP contribution in [0.25, 0.3) is 0 Å². The van der Waals surface area contributed by atoms with Crippen molar-refractivity contribution in [1.82, 2.24) is 10.2 Å². The molecule has 84 valence electrons. The smallest absolute Gasteiger partial charge is 0.236 e. The van der Waals surface area contributed by atoms with Crippen LogP contribution in [0.2, 0.25) is 0 Å². The first-order chi connectivity index (χ1) is 7.05. The molecular formula is C9H14N2O3S. The number of hydrogen-bond acceptors (Lipinski definition) is 4. The standard InChI is InChI=1S/C9H14N2O3S/c1-2-3-10-8-9(12)11-4-6-15(13,14)7-5-11/h1,10H,3-8H2. The molecule has 5 nitrogen and oxygen atoms in total. The molecule has 6 heteroatoms. The molecule has 1 heterocycles. The lowest BCUT2D eigenvalue weighted by Gasteiger charge is -2.26. The molecule has 0 spiro atoms. The summed E-state index contributed by atoms with van der Waals surface area (Å²) in [4.78, 5) is 13.0. The molecule has 1 aliphatic rings. The van der Waals surface area contributed by atoms with Crippen molar-refractivity contribution < 1.29 is 13.2 Å². The summed E-state index contributed by atoms with van der Waals surface area (Å²) < 4.78 is 22.2. The Bertz CT molecular complexity index is 355. The summed E-state index contributed by atoms with van der Waals surface area (Å²) >= 11 is 0. The fraction of sp³-hybridized carbons (Fsp3) is 0.667. The molecule has 0 aromatic carbocycles. The highest BCUT2D eigenvalue weighted by Crippen LogP contribution is 2.03. The monoisotopic (exact) mass is 230 g/mol. The number of hydrogen-bond donors (Lipinski definition) is 1. The van der Waals surface area contributed by atoms with Crippen molar-refractivity contribution in [3.05, 3.63) is 0 Å². The summed E-state index contributed by atoms with van der Waals surface area (Å²) in [5.74, 6) is 2.39. The third-order valence-electron chi connectivity index (χ3n) is 2.20. The molecule has 0 atom stereocenters. The molecular weight excluding hydrogens is 216 g/mol. The van der Waals surface area contributed by atoms with Gasteiger partial charge in [0.05, 0.1) is 24.6 Å². The summed E-state index contributed by atoms with van der Waals surface area (Å²) in [5.41, 5.74) is 0. The summed E-state index contributed by atoms with van der Waals surface area (Å²) in [7, 11) is -2.92. The van der Waals surface area contributed by atoms with Crippen LogP contribution in [-0.4, -0.2) is 56.9 Å². The van der Waals surface area contributed by atoms with Gasteiger partial charge in [0.2, 0.25) is 5.91 Å². The van der Waals surface area contributed by atoms with Crippen molar-refractivity contribution in [3.8, 4) is 12.3 Å². The quantitative estimate of drug-likeness (QED) is 0.472. The maximum atomic E-state index is 11.5. The van der Waals surface area contributed by atoms with E-state index in [1.165, 1.54) is 0 Å². The van der Waals surface area contributed by atoms with Gasteiger partial charge >= 0.3 is 0 Å². The van der Waals surface area contributed by atoms with Gasteiger partial charge in [0.25, 0.3) is 0 Å². The van der Waals surface area contributed by atoms with E-state index in [0.717, 1.165) is 0 Å². The zero-order chi connectivity index (χ0) is 11.3. The van der Waals surface area contributed by atoms with Crippen LogP contribution < -0.4 is 5.32 Å². The molecule has 0 bridgehead atoms. The van der Waals surface area contributed by atoms with Crippen molar-refractivity contribution in [2.45, 2.75) is 0 Å². The number of nitrogens with zero attached hydrogens (tertiary/aromatic N) is 1. The van der Waals surface area contributed by atoms with E-state index in [0.29, 0.717) is 19.6 Å². The van der Waals surface area contributed by atoms with E-state index >= 15 is 0 Å². The van der Waals surface area contributed by atoms with E-state index in [1.807, 2.05) is 0 Å². The van der Waals surface area contributed by atoms with Gasteiger partial charge in [-0.25, -0.2) is 8.42 Å². The Morgan fingerprint density at radius 1 is 1.40 bits per heavy atom. The topological polar surface area (TPSA) is 66.5 Å². The second-order valence-corrected chi connectivity index (χ2v) is 5.64. The average Bonchev–Trinajstić information content (AvgIpc) is 2.18. The summed E-state index contributed by atoms with van der Waals surface area (Å²) in [6, 6.07) is 0. The van der Waals surface area contributed by atoms with Crippen LogP contribution in [0.4, 0.5) is 0 Å². The first kappa shape index (κ1) is 12.0. The number of terminal acetylenes is 1. The summed E-state index contributed by atoms with van der Waals surface area (Å²) in [6.45, 7) is 1.10. The van der Waals surface area contributed by atoms with Gasteiger partial charge in [-0.1, -0.05) is 5.92 Å². The van der Waals surface area contributed by atoms with Crippen molar-refractivity contribution in [2.24, 2.45) is 0 Å². The van der Waals surface area contributed by atoms with Gasteiger partial charge in [0, 0.05) is 13.1 Å². The van der Waals surface area contributed by atoms with E-state index < -0.39 is 9.84 Å². The van der Waals surface area contributed by atoms with Gasteiger partial charge < -0.3 is 4.90 Å². The predicted molar refractivity (Wildman–Crippen MR) is 56.9 cm³/mol. The van der Waals surface area contributed by atoms with Gasteiger partial charge in [0.1, 0.15) is 0 Å². The Balaban J connectivity index is 2.34. The first-order valence-corrected chi connectivity index (χ1v) is 6.50. The molecule has 0 aliphatic carbocycles. The lowest BCUT2D eigenvalue weighted by Crippen LogP contribution is -2.46. The highest BCUT2D eigenvalue weighted by molar-refractivity contribution is 7.91. The highest BCUT2D eigenvalue weighted by Gasteiger charge is 2.24. The molecule has 0 saturated carbocycles. The van der Waals surface area contributed by atoms with Crippen LogP contribution in [-0.2, 0) is 14.6 Å². The molecule has 1 amide bonds.